The molecule has 3 nitrogen and oxygen atoms in total. The van der Waals surface area contributed by atoms with Gasteiger partial charge in [0, 0.05) is 24.1 Å². The fourth-order valence-corrected chi connectivity index (χ4v) is 2.01. The van der Waals surface area contributed by atoms with E-state index in [0.717, 1.165) is 42.9 Å². The number of hydrogen-bond donors (Lipinski definition) is 0. The monoisotopic (exact) mass is 314 g/mol. The van der Waals surface area contributed by atoms with Crippen molar-refractivity contribution in [3.63, 3.8) is 0 Å². The lowest BCUT2D eigenvalue weighted by Gasteiger charge is -2.29. The molecule has 0 atom stereocenters. The summed E-state index contributed by atoms with van der Waals surface area (Å²) in [6.45, 7) is 8.21. The number of ether oxygens (including phenoxy) is 1. The van der Waals surface area contributed by atoms with E-state index in [4.69, 9.17) is 4.74 Å². The number of pyridine rings is 1. The van der Waals surface area contributed by atoms with Crippen LogP contribution in [0.3, 0.4) is 0 Å². The van der Waals surface area contributed by atoms with Gasteiger partial charge in [0.2, 0.25) is 0 Å². The Labute approximate surface area is 119 Å². The van der Waals surface area contributed by atoms with Gasteiger partial charge in [0.15, 0.2) is 11.6 Å². The minimum Gasteiger partial charge on any atom is -0.490 e. The summed E-state index contributed by atoms with van der Waals surface area (Å²) in [4.78, 5) is 6.79. The van der Waals surface area contributed by atoms with Crippen LogP contribution in [0.15, 0.2) is 18.3 Å². The Morgan fingerprint density at radius 2 is 2.22 bits per heavy atom. The minimum absolute atomic E-state index is 0.419. The summed E-state index contributed by atoms with van der Waals surface area (Å²) in [6.07, 6.45) is 3.94. The number of nitrogens with zero attached hydrogens (tertiary/aromatic N) is 2. The first-order valence-corrected chi connectivity index (χ1v) is 7.73. The molecule has 1 rings (SSSR count). The molecule has 0 radical (unpaired) electrons. The number of alkyl halides is 1. The van der Waals surface area contributed by atoms with Crippen molar-refractivity contribution in [2.24, 2.45) is 0 Å². The quantitative estimate of drug-likeness (QED) is 0.681. The van der Waals surface area contributed by atoms with Crippen LogP contribution in [0, 0.1) is 0 Å². The van der Waals surface area contributed by atoms with Crippen molar-refractivity contribution in [3.8, 4) is 5.75 Å². The molecule has 0 bridgehead atoms. The number of anilines is 1. The summed E-state index contributed by atoms with van der Waals surface area (Å²) in [5.41, 5.74) is 0. The van der Waals surface area contributed by atoms with Crippen LogP contribution in [-0.2, 0) is 0 Å². The van der Waals surface area contributed by atoms with Gasteiger partial charge in [-0.15, -0.1) is 0 Å². The van der Waals surface area contributed by atoms with Gasteiger partial charge in [-0.3, -0.25) is 0 Å². The predicted octanol–water partition coefficient (Wildman–Crippen LogP) is 3.87. The molecule has 0 spiro atoms. The third kappa shape index (κ3) is 4.48. The largest absolute Gasteiger partial charge is 0.490 e. The number of hydrogen-bond acceptors (Lipinski definition) is 3. The van der Waals surface area contributed by atoms with Crippen molar-refractivity contribution < 1.29 is 4.74 Å². The first kappa shape index (κ1) is 15.3. The molecule has 4 heteroatoms. The van der Waals surface area contributed by atoms with Crippen molar-refractivity contribution in [2.45, 2.75) is 39.7 Å². The van der Waals surface area contributed by atoms with E-state index in [0.29, 0.717) is 6.04 Å². The highest BCUT2D eigenvalue weighted by Gasteiger charge is 2.16. The maximum atomic E-state index is 5.78. The van der Waals surface area contributed by atoms with Crippen molar-refractivity contribution in [2.75, 3.05) is 23.4 Å². The first-order valence-electron chi connectivity index (χ1n) is 6.61. The molecule has 0 aliphatic heterocycles. The molecule has 0 aliphatic rings. The highest BCUT2D eigenvalue weighted by molar-refractivity contribution is 9.09. The minimum atomic E-state index is 0.419. The Balaban J connectivity index is 2.88. The summed E-state index contributed by atoms with van der Waals surface area (Å²) in [6, 6.07) is 4.35. The zero-order chi connectivity index (χ0) is 13.4. The van der Waals surface area contributed by atoms with Crippen LogP contribution in [0.25, 0.3) is 0 Å². The van der Waals surface area contributed by atoms with E-state index in [1.807, 2.05) is 18.3 Å². The van der Waals surface area contributed by atoms with E-state index < -0.39 is 0 Å². The molecule has 1 aromatic rings. The average Bonchev–Trinajstić information content (AvgIpc) is 2.37. The first-order chi connectivity index (χ1) is 8.70. The highest BCUT2D eigenvalue weighted by Crippen LogP contribution is 2.27. The van der Waals surface area contributed by atoms with E-state index in [1.165, 1.54) is 0 Å². The van der Waals surface area contributed by atoms with Gasteiger partial charge in [-0.25, -0.2) is 4.98 Å². The predicted molar refractivity (Wildman–Crippen MR) is 80.9 cm³/mol. The van der Waals surface area contributed by atoms with Crippen LogP contribution in [-0.4, -0.2) is 29.5 Å². The van der Waals surface area contributed by atoms with Crippen molar-refractivity contribution in [3.05, 3.63) is 18.3 Å². The Morgan fingerprint density at radius 1 is 1.44 bits per heavy atom. The summed E-state index contributed by atoms with van der Waals surface area (Å²) in [7, 11) is 0. The third-order valence-corrected chi connectivity index (χ3v) is 3.20. The number of halogens is 1. The van der Waals surface area contributed by atoms with Crippen molar-refractivity contribution in [1.82, 2.24) is 4.98 Å². The highest BCUT2D eigenvalue weighted by atomic mass is 79.9. The topological polar surface area (TPSA) is 25.4 Å². The second-order valence-electron chi connectivity index (χ2n) is 4.50. The van der Waals surface area contributed by atoms with Crippen LogP contribution >= 0.6 is 15.9 Å². The van der Waals surface area contributed by atoms with Gasteiger partial charge in [0.05, 0.1) is 6.61 Å². The molecule has 0 aliphatic carbocycles. The second-order valence-corrected chi connectivity index (χ2v) is 5.30. The maximum absolute atomic E-state index is 5.78. The molecule has 1 aromatic heterocycles. The van der Waals surface area contributed by atoms with Crippen molar-refractivity contribution >= 4 is 21.7 Å². The maximum Gasteiger partial charge on any atom is 0.171 e. The molecule has 0 saturated carbocycles. The van der Waals surface area contributed by atoms with E-state index in [2.05, 4.69) is 46.6 Å². The standard InChI is InChI=1S/C14H23BrN2O/c1-4-11-18-13-7-5-9-16-14(13)17(12(2)3)10-6-8-15/h5,7,9,12H,4,6,8,10-11H2,1-3H3. The molecule has 0 aromatic carbocycles. The van der Waals surface area contributed by atoms with Gasteiger partial charge in [-0.05, 0) is 38.8 Å². The Hall–Kier alpha value is -0.770. The summed E-state index contributed by atoms with van der Waals surface area (Å²) < 4.78 is 5.78. The lowest BCUT2D eigenvalue weighted by molar-refractivity contribution is 0.316. The zero-order valence-electron chi connectivity index (χ0n) is 11.5. The van der Waals surface area contributed by atoms with E-state index in [9.17, 15) is 0 Å². The Morgan fingerprint density at radius 3 is 2.83 bits per heavy atom. The van der Waals surface area contributed by atoms with Gasteiger partial charge >= 0.3 is 0 Å². The third-order valence-electron chi connectivity index (χ3n) is 2.64. The van der Waals surface area contributed by atoms with Gasteiger partial charge in [0.25, 0.3) is 0 Å². The lowest BCUT2D eigenvalue weighted by Crippen LogP contribution is -2.33. The molecule has 0 fully saturated rings. The Kier molecular flexibility index (Phi) is 7.09. The van der Waals surface area contributed by atoms with Gasteiger partial charge in [-0.1, -0.05) is 22.9 Å². The molecule has 102 valence electrons. The molecule has 0 unspecified atom stereocenters. The average molecular weight is 315 g/mol. The van der Waals surface area contributed by atoms with Crippen LogP contribution in [0.2, 0.25) is 0 Å². The molecular formula is C14H23BrN2O. The van der Waals surface area contributed by atoms with Gasteiger partial charge in [0.1, 0.15) is 0 Å². The van der Waals surface area contributed by atoms with E-state index >= 15 is 0 Å². The number of aromatic nitrogens is 1. The molecule has 0 amide bonds. The molecule has 1 heterocycles. The van der Waals surface area contributed by atoms with E-state index in [1.54, 1.807) is 0 Å². The normalized spacial score (nSPS) is 10.7. The van der Waals surface area contributed by atoms with Crippen LogP contribution in [0.4, 0.5) is 5.82 Å². The van der Waals surface area contributed by atoms with Crippen LogP contribution in [0.1, 0.15) is 33.6 Å². The van der Waals surface area contributed by atoms with Crippen LogP contribution < -0.4 is 9.64 Å². The second kappa shape index (κ2) is 8.35. The van der Waals surface area contributed by atoms with E-state index in [-0.39, 0.29) is 0 Å². The fraction of sp³-hybridized carbons (Fsp3) is 0.643. The summed E-state index contributed by atoms with van der Waals surface area (Å²) in [5, 5.41) is 1.01. The summed E-state index contributed by atoms with van der Waals surface area (Å²) >= 11 is 3.48. The van der Waals surface area contributed by atoms with Gasteiger partial charge in [-0.2, -0.15) is 0 Å². The fourth-order valence-electron chi connectivity index (χ4n) is 1.76. The molecule has 18 heavy (non-hydrogen) atoms. The number of rotatable bonds is 8. The zero-order valence-corrected chi connectivity index (χ0v) is 13.1. The molecular weight excluding hydrogens is 292 g/mol. The summed E-state index contributed by atoms with van der Waals surface area (Å²) in [5.74, 6) is 1.85. The van der Waals surface area contributed by atoms with Crippen molar-refractivity contribution in [1.29, 1.82) is 0 Å². The molecule has 0 N–H and O–H groups in total. The molecule has 0 saturated heterocycles. The van der Waals surface area contributed by atoms with Crippen LogP contribution in [0.5, 0.6) is 5.75 Å². The van der Waals surface area contributed by atoms with Gasteiger partial charge < -0.3 is 9.64 Å². The lowest BCUT2D eigenvalue weighted by atomic mass is 10.2. The SMILES string of the molecule is CCCOc1cccnc1N(CCCBr)C(C)C. The Bertz CT molecular complexity index is 344. The smallest absolute Gasteiger partial charge is 0.171 e.